The summed E-state index contributed by atoms with van der Waals surface area (Å²) in [6.07, 6.45) is 8.12. The summed E-state index contributed by atoms with van der Waals surface area (Å²) in [5.74, 6) is -2.19. The van der Waals surface area contributed by atoms with Crippen molar-refractivity contribution in [2.24, 2.45) is 0 Å². The number of carboxylic acid groups (broad SMARTS) is 1. The van der Waals surface area contributed by atoms with E-state index in [1.807, 2.05) is 44.2 Å². The molecule has 1 aromatic heterocycles. The van der Waals surface area contributed by atoms with Gasteiger partial charge in [0.25, 0.3) is 0 Å². The number of anilines is 1. The molecular formula is C28H33FN2O4. The molecule has 186 valence electrons. The summed E-state index contributed by atoms with van der Waals surface area (Å²) in [6, 6.07) is 11.1. The van der Waals surface area contributed by atoms with E-state index in [0.717, 1.165) is 44.1 Å². The molecule has 4 rings (SSSR count). The minimum absolute atomic E-state index is 0.0283. The molecule has 0 spiro atoms. The Kier molecular flexibility index (Phi) is 7.73. The molecule has 1 fully saturated rings. The highest BCUT2D eigenvalue weighted by molar-refractivity contribution is 5.96. The van der Waals surface area contributed by atoms with Gasteiger partial charge in [0, 0.05) is 18.3 Å². The lowest BCUT2D eigenvalue weighted by Gasteiger charge is -2.26. The number of fused-ring (bicyclic) bond motifs is 1. The normalized spacial score (nSPS) is 14.4. The number of nitrogens with one attached hydrogen (secondary N) is 1. The number of halogens is 1. The van der Waals surface area contributed by atoms with Crippen LogP contribution in [0.2, 0.25) is 0 Å². The Bertz CT molecular complexity index is 1250. The van der Waals surface area contributed by atoms with E-state index in [9.17, 15) is 14.7 Å². The molecule has 0 aliphatic heterocycles. The third-order valence-electron chi connectivity index (χ3n) is 6.98. The Morgan fingerprint density at radius 2 is 1.86 bits per heavy atom. The SMILES string of the molecule is CCC(CC)n1cc(C(=O)O)c(=O)c2c(OCc3ccccc3)c(F)c(NC3CCCCC3)cc21. The van der Waals surface area contributed by atoms with Crippen LogP contribution in [-0.4, -0.2) is 21.7 Å². The van der Waals surface area contributed by atoms with Crippen LogP contribution < -0.4 is 15.5 Å². The van der Waals surface area contributed by atoms with E-state index in [0.29, 0.717) is 5.52 Å². The van der Waals surface area contributed by atoms with E-state index in [2.05, 4.69) is 5.32 Å². The largest absolute Gasteiger partial charge is 0.485 e. The fourth-order valence-electron chi connectivity index (χ4n) is 5.02. The van der Waals surface area contributed by atoms with Gasteiger partial charge in [-0.15, -0.1) is 0 Å². The zero-order chi connectivity index (χ0) is 24.9. The topological polar surface area (TPSA) is 80.6 Å². The lowest BCUT2D eigenvalue weighted by molar-refractivity contribution is 0.0694. The van der Waals surface area contributed by atoms with Gasteiger partial charge in [0.1, 0.15) is 12.2 Å². The molecule has 1 aliphatic rings. The average Bonchev–Trinajstić information content (AvgIpc) is 2.87. The van der Waals surface area contributed by atoms with Gasteiger partial charge in [-0.25, -0.2) is 9.18 Å². The molecule has 1 aliphatic carbocycles. The maximum absolute atomic E-state index is 16.0. The van der Waals surface area contributed by atoms with Crippen LogP contribution in [0.25, 0.3) is 10.9 Å². The van der Waals surface area contributed by atoms with Gasteiger partial charge in [-0.1, -0.05) is 63.4 Å². The van der Waals surface area contributed by atoms with E-state index < -0.39 is 17.2 Å². The predicted octanol–water partition coefficient (Wildman–Crippen LogP) is 6.52. The lowest BCUT2D eigenvalue weighted by Crippen LogP contribution is -2.25. The van der Waals surface area contributed by atoms with Crippen LogP contribution in [-0.2, 0) is 6.61 Å². The number of ether oxygens (including phenoxy) is 1. The summed E-state index contributed by atoms with van der Waals surface area (Å²) in [5, 5.41) is 13.1. The Morgan fingerprint density at radius 1 is 1.17 bits per heavy atom. The third kappa shape index (κ3) is 5.19. The van der Waals surface area contributed by atoms with Crippen LogP contribution in [0, 0.1) is 5.82 Å². The summed E-state index contributed by atoms with van der Waals surface area (Å²) < 4.78 is 23.8. The molecule has 6 nitrogen and oxygen atoms in total. The van der Waals surface area contributed by atoms with Crippen molar-refractivity contribution in [3.8, 4) is 5.75 Å². The number of rotatable bonds is 9. The fourth-order valence-corrected chi connectivity index (χ4v) is 5.02. The number of carbonyl (C=O) groups is 1. The molecule has 0 saturated heterocycles. The minimum Gasteiger partial charge on any atom is -0.485 e. The molecule has 1 heterocycles. The van der Waals surface area contributed by atoms with Gasteiger partial charge in [-0.2, -0.15) is 0 Å². The maximum Gasteiger partial charge on any atom is 0.341 e. The highest BCUT2D eigenvalue weighted by Gasteiger charge is 2.26. The Hall–Kier alpha value is -3.35. The summed E-state index contributed by atoms with van der Waals surface area (Å²) in [6.45, 7) is 4.08. The Morgan fingerprint density at radius 3 is 2.49 bits per heavy atom. The first-order valence-electron chi connectivity index (χ1n) is 12.5. The quantitative estimate of drug-likeness (QED) is 0.364. The first kappa shape index (κ1) is 24.8. The zero-order valence-corrected chi connectivity index (χ0v) is 20.4. The van der Waals surface area contributed by atoms with Crippen LogP contribution in [0.5, 0.6) is 5.75 Å². The summed E-state index contributed by atoms with van der Waals surface area (Å²) in [4.78, 5) is 25.3. The van der Waals surface area contributed by atoms with Crippen molar-refractivity contribution in [3.05, 3.63) is 69.8 Å². The Labute approximate surface area is 204 Å². The average molecular weight is 481 g/mol. The molecule has 0 unspecified atom stereocenters. The monoisotopic (exact) mass is 480 g/mol. The van der Waals surface area contributed by atoms with Crippen LogP contribution in [0.4, 0.5) is 10.1 Å². The lowest BCUT2D eigenvalue weighted by atomic mass is 9.95. The third-order valence-corrected chi connectivity index (χ3v) is 6.98. The van der Waals surface area contributed by atoms with Crippen molar-refractivity contribution in [2.45, 2.75) is 77.5 Å². The first-order chi connectivity index (χ1) is 16.9. The number of aromatic nitrogens is 1. The van der Waals surface area contributed by atoms with Crippen molar-refractivity contribution in [3.63, 3.8) is 0 Å². The molecule has 0 bridgehead atoms. The van der Waals surface area contributed by atoms with Gasteiger partial charge < -0.3 is 19.7 Å². The van der Waals surface area contributed by atoms with E-state index in [-0.39, 0.29) is 41.1 Å². The zero-order valence-electron chi connectivity index (χ0n) is 20.4. The number of benzene rings is 2. The van der Waals surface area contributed by atoms with Gasteiger partial charge >= 0.3 is 5.97 Å². The number of pyridine rings is 1. The molecule has 2 aromatic carbocycles. The predicted molar refractivity (Wildman–Crippen MR) is 136 cm³/mol. The molecule has 0 amide bonds. The van der Waals surface area contributed by atoms with E-state index >= 15 is 4.39 Å². The second-order valence-electron chi connectivity index (χ2n) is 9.27. The van der Waals surface area contributed by atoms with Crippen molar-refractivity contribution < 1.29 is 19.0 Å². The van der Waals surface area contributed by atoms with Gasteiger partial charge in [-0.3, -0.25) is 4.79 Å². The summed E-state index contributed by atoms with van der Waals surface area (Å²) in [7, 11) is 0. The number of hydrogen-bond acceptors (Lipinski definition) is 4. The number of hydrogen-bond donors (Lipinski definition) is 2. The second kappa shape index (κ2) is 10.9. The number of carboxylic acids is 1. The smallest absolute Gasteiger partial charge is 0.341 e. The number of aromatic carboxylic acids is 1. The molecule has 3 aromatic rings. The van der Waals surface area contributed by atoms with Crippen molar-refractivity contribution in [1.82, 2.24) is 4.57 Å². The minimum atomic E-state index is -1.34. The summed E-state index contributed by atoms with van der Waals surface area (Å²) >= 11 is 0. The van der Waals surface area contributed by atoms with Gasteiger partial charge in [0.15, 0.2) is 11.6 Å². The molecular weight excluding hydrogens is 447 g/mol. The molecule has 7 heteroatoms. The van der Waals surface area contributed by atoms with Crippen molar-refractivity contribution in [1.29, 1.82) is 0 Å². The molecule has 0 atom stereocenters. The standard InChI is InChI=1S/C28H33FN2O4/c1-3-20(4-2)31-16-21(28(33)34)26(32)24-23(31)15-22(30-19-13-9-6-10-14-19)25(29)27(24)35-17-18-11-7-5-8-12-18/h5,7-8,11-12,15-16,19-20,30H,3-4,6,9-10,13-14,17H2,1-2H3,(H,33,34). The highest BCUT2D eigenvalue weighted by atomic mass is 19.1. The van der Waals surface area contributed by atoms with Crippen molar-refractivity contribution in [2.75, 3.05) is 5.32 Å². The summed E-state index contributed by atoms with van der Waals surface area (Å²) in [5.41, 5.74) is 0.466. The van der Waals surface area contributed by atoms with Crippen LogP contribution in [0.15, 0.2) is 47.4 Å². The van der Waals surface area contributed by atoms with E-state index in [4.69, 9.17) is 4.74 Å². The van der Waals surface area contributed by atoms with Crippen LogP contribution in [0.1, 0.15) is 80.8 Å². The Balaban J connectivity index is 1.94. The highest BCUT2D eigenvalue weighted by Crippen LogP contribution is 2.36. The molecule has 1 saturated carbocycles. The van der Waals surface area contributed by atoms with Crippen molar-refractivity contribution >= 4 is 22.6 Å². The molecule has 2 N–H and O–H groups in total. The van der Waals surface area contributed by atoms with Crippen LogP contribution in [0.3, 0.4) is 0 Å². The first-order valence-corrected chi connectivity index (χ1v) is 12.5. The fraction of sp³-hybridized carbons (Fsp3) is 0.429. The number of nitrogens with zero attached hydrogens (tertiary/aromatic N) is 1. The van der Waals surface area contributed by atoms with E-state index in [1.165, 1.54) is 12.6 Å². The van der Waals surface area contributed by atoms with Gasteiger partial charge in [0.2, 0.25) is 5.43 Å². The molecule has 0 radical (unpaired) electrons. The van der Waals surface area contributed by atoms with Crippen LogP contribution >= 0.6 is 0 Å². The maximum atomic E-state index is 16.0. The van der Waals surface area contributed by atoms with Gasteiger partial charge in [-0.05, 0) is 37.3 Å². The second-order valence-corrected chi connectivity index (χ2v) is 9.27. The van der Waals surface area contributed by atoms with E-state index in [1.54, 1.807) is 10.6 Å². The van der Waals surface area contributed by atoms with Gasteiger partial charge in [0.05, 0.1) is 16.6 Å². The molecule has 35 heavy (non-hydrogen) atoms.